The number of halogens is 1. The first-order chi connectivity index (χ1) is 8.90. The van der Waals surface area contributed by atoms with Gasteiger partial charge in [0.25, 0.3) is 0 Å². The minimum Gasteiger partial charge on any atom is -0.445 e. The molecule has 0 radical (unpaired) electrons. The maximum absolute atomic E-state index is 13.5. The zero-order chi connectivity index (χ0) is 14.0. The van der Waals surface area contributed by atoms with Crippen molar-refractivity contribution in [3.8, 4) is 0 Å². The van der Waals surface area contributed by atoms with E-state index < -0.39 is 20.7 Å². The largest absolute Gasteiger partial charge is 0.445 e. The van der Waals surface area contributed by atoms with E-state index in [1.54, 1.807) is 6.92 Å². The number of benzene rings is 1. The van der Waals surface area contributed by atoms with E-state index in [0.29, 0.717) is 5.76 Å². The molecule has 6 nitrogen and oxygen atoms in total. The Bertz CT molecular complexity index is 677. The number of nitrogens with one attached hydrogen (secondary N) is 1. The molecule has 0 atom stereocenters. The van der Waals surface area contributed by atoms with Gasteiger partial charge in [-0.2, -0.15) is 0 Å². The molecular formula is C11H12FN3O3S. The lowest BCUT2D eigenvalue weighted by Crippen LogP contribution is -2.25. The van der Waals surface area contributed by atoms with Crippen molar-refractivity contribution in [1.82, 2.24) is 9.71 Å². The number of anilines is 1. The van der Waals surface area contributed by atoms with Gasteiger partial charge in [0.15, 0.2) is 0 Å². The first kappa shape index (κ1) is 13.5. The molecule has 1 aromatic heterocycles. The highest BCUT2D eigenvalue weighted by molar-refractivity contribution is 7.89. The van der Waals surface area contributed by atoms with Gasteiger partial charge in [0, 0.05) is 0 Å². The fourth-order valence-electron chi connectivity index (χ4n) is 1.52. The van der Waals surface area contributed by atoms with Crippen LogP contribution in [0.3, 0.4) is 0 Å². The SMILES string of the molecule is Cc1cnc(CNS(=O)(=O)c2c(N)cccc2F)o1. The Balaban J connectivity index is 2.23. The lowest BCUT2D eigenvalue weighted by atomic mass is 10.3. The Labute approximate surface area is 109 Å². The molecule has 0 unspecified atom stereocenters. The second-order valence-corrected chi connectivity index (χ2v) is 5.55. The molecule has 0 amide bonds. The van der Waals surface area contributed by atoms with E-state index in [1.165, 1.54) is 18.3 Å². The number of nitrogens with two attached hydrogens (primary N) is 1. The van der Waals surface area contributed by atoms with Gasteiger partial charge in [-0.15, -0.1) is 0 Å². The summed E-state index contributed by atoms with van der Waals surface area (Å²) in [4.78, 5) is 3.27. The molecule has 0 fully saturated rings. The van der Waals surface area contributed by atoms with E-state index in [-0.39, 0.29) is 18.1 Å². The van der Waals surface area contributed by atoms with Crippen molar-refractivity contribution in [3.05, 3.63) is 41.9 Å². The summed E-state index contributed by atoms with van der Waals surface area (Å²) >= 11 is 0. The molecule has 19 heavy (non-hydrogen) atoms. The minimum atomic E-state index is -4.06. The summed E-state index contributed by atoms with van der Waals surface area (Å²) in [7, 11) is -4.06. The molecule has 3 N–H and O–H groups in total. The van der Waals surface area contributed by atoms with Gasteiger partial charge < -0.3 is 10.2 Å². The van der Waals surface area contributed by atoms with Gasteiger partial charge >= 0.3 is 0 Å². The van der Waals surface area contributed by atoms with E-state index in [4.69, 9.17) is 10.2 Å². The third-order valence-electron chi connectivity index (χ3n) is 2.35. The van der Waals surface area contributed by atoms with Crippen molar-refractivity contribution < 1.29 is 17.2 Å². The Morgan fingerprint density at radius 2 is 2.21 bits per heavy atom. The molecule has 0 aliphatic rings. The molecule has 2 aromatic rings. The van der Waals surface area contributed by atoms with Crippen LogP contribution in [0.5, 0.6) is 0 Å². The zero-order valence-corrected chi connectivity index (χ0v) is 10.9. The van der Waals surface area contributed by atoms with Crippen LogP contribution in [0, 0.1) is 12.7 Å². The summed E-state index contributed by atoms with van der Waals surface area (Å²) in [6, 6.07) is 3.67. The Morgan fingerprint density at radius 1 is 1.47 bits per heavy atom. The summed E-state index contributed by atoms with van der Waals surface area (Å²) in [5, 5.41) is 0. The van der Waals surface area contributed by atoms with E-state index >= 15 is 0 Å². The Morgan fingerprint density at radius 3 is 2.79 bits per heavy atom. The molecule has 1 heterocycles. The average Bonchev–Trinajstić information content (AvgIpc) is 2.72. The summed E-state index contributed by atoms with van der Waals surface area (Å²) < 4.78 is 44.7. The number of sulfonamides is 1. The summed E-state index contributed by atoms with van der Waals surface area (Å²) in [5.41, 5.74) is 5.33. The van der Waals surface area contributed by atoms with Gasteiger partial charge in [-0.25, -0.2) is 22.5 Å². The molecule has 8 heteroatoms. The van der Waals surface area contributed by atoms with Gasteiger partial charge in [0.05, 0.1) is 18.4 Å². The lowest BCUT2D eigenvalue weighted by molar-refractivity contribution is 0.462. The predicted molar refractivity (Wildman–Crippen MR) is 66.1 cm³/mol. The van der Waals surface area contributed by atoms with Crippen LogP contribution in [-0.2, 0) is 16.6 Å². The monoisotopic (exact) mass is 285 g/mol. The first-order valence-corrected chi connectivity index (χ1v) is 6.83. The fraction of sp³-hybridized carbons (Fsp3) is 0.182. The quantitative estimate of drug-likeness (QED) is 0.822. The zero-order valence-electron chi connectivity index (χ0n) is 10.1. The highest BCUT2D eigenvalue weighted by Crippen LogP contribution is 2.21. The van der Waals surface area contributed by atoms with E-state index in [9.17, 15) is 12.8 Å². The molecule has 0 saturated carbocycles. The third-order valence-corrected chi connectivity index (χ3v) is 3.84. The van der Waals surface area contributed by atoms with E-state index in [1.807, 2.05) is 0 Å². The maximum Gasteiger partial charge on any atom is 0.246 e. The second kappa shape index (κ2) is 4.98. The third kappa shape index (κ3) is 2.91. The Hall–Kier alpha value is -1.93. The smallest absolute Gasteiger partial charge is 0.246 e. The van der Waals surface area contributed by atoms with Crippen LogP contribution in [0.1, 0.15) is 11.7 Å². The highest BCUT2D eigenvalue weighted by Gasteiger charge is 2.22. The predicted octanol–water partition coefficient (Wildman–Crippen LogP) is 1.18. The number of aromatic nitrogens is 1. The topological polar surface area (TPSA) is 98.2 Å². The second-order valence-electron chi connectivity index (χ2n) is 3.85. The van der Waals surface area contributed by atoms with Gasteiger partial charge in [-0.3, -0.25) is 0 Å². The van der Waals surface area contributed by atoms with Crippen LogP contribution in [0.2, 0.25) is 0 Å². The summed E-state index contributed by atoms with van der Waals surface area (Å²) in [6.45, 7) is 1.50. The van der Waals surface area contributed by atoms with Gasteiger partial charge in [-0.05, 0) is 19.1 Å². The van der Waals surface area contributed by atoms with Crippen molar-refractivity contribution in [2.75, 3.05) is 5.73 Å². The van der Waals surface area contributed by atoms with Crippen molar-refractivity contribution in [1.29, 1.82) is 0 Å². The van der Waals surface area contributed by atoms with E-state index in [2.05, 4.69) is 9.71 Å². The molecule has 0 saturated heterocycles. The molecule has 0 aliphatic carbocycles. The number of rotatable bonds is 4. The maximum atomic E-state index is 13.5. The molecule has 102 valence electrons. The Kier molecular flexibility index (Phi) is 3.54. The van der Waals surface area contributed by atoms with Crippen molar-refractivity contribution in [3.63, 3.8) is 0 Å². The number of nitrogen functional groups attached to an aromatic ring is 1. The number of hydrogen-bond acceptors (Lipinski definition) is 5. The van der Waals surface area contributed by atoms with Crippen LogP contribution in [-0.4, -0.2) is 13.4 Å². The summed E-state index contributed by atoms with van der Waals surface area (Å²) in [6.07, 6.45) is 1.46. The molecular weight excluding hydrogens is 273 g/mol. The fourth-order valence-corrected chi connectivity index (χ4v) is 2.68. The van der Waals surface area contributed by atoms with Crippen molar-refractivity contribution in [2.45, 2.75) is 18.4 Å². The number of nitrogens with zero attached hydrogens (tertiary/aromatic N) is 1. The highest BCUT2D eigenvalue weighted by atomic mass is 32.2. The average molecular weight is 285 g/mol. The number of oxazole rings is 1. The van der Waals surface area contributed by atoms with Crippen LogP contribution in [0.4, 0.5) is 10.1 Å². The normalized spacial score (nSPS) is 11.7. The molecule has 0 spiro atoms. The number of hydrogen-bond donors (Lipinski definition) is 2. The molecule has 0 bridgehead atoms. The van der Waals surface area contributed by atoms with E-state index in [0.717, 1.165) is 6.07 Å². The minimum absolute atomic E-state index is 0.156. The van der Waals surface area contributed by atoms with Crippen LogP contribution >= 0.6 is 0 Å². The van der Waals surface area contributed by atoms with Crippen LogP contribution in [0.25, 0.3) is 0 Å². The number of aryl methyl sites for hydroxylation is 1. The standard InChI is InChI=1S/C11H12FN3O3S/c1-7-5-14-10(18-7)6-15-19(16,17)11-8(12)3-2-4-9(11)13/h2-5,15H,6,13H2,1H3. The molecule has 0 aliphatic heterocycles. The van der Waals surface area contributed by atoms with Crippen molar-refractivity contribution >= 4 is 15.7 Å². The first-order valence-electron chi connectivity index (χ1n) is 5.35. The van der Waals surface area contributed by atoms with Crippen LogP contribution < -0.4 is 10.5 Å². The molecule has 2 rings (SSSR count). The summed E-state index contributed by atoms with van der Waals surface area (Å²) in [5.74, 6) is -0.160. The van der Waals surface area contributed by atoms with Crippen molar-refractivity contribution in [2.24, 2.45) is 0 Å². The molecule has 1 aromatic carbocycles. The van der Waals surface area contributed by atoms with Gasteiger partial charge in [0.2, 0.25) is 15.9 Å². The lowest BCUT2D eigenvalue weighted by Gasteiger charge is -2.08. The van der Waals surface area contributed by atoms with Gasteiger partial charge in [-0.1, -0.05) is 6.07 Å². The van der Waals surface area contributed by atoms with Gasteiger partial charge in [0.1, 0.15) is 16.5 Å². The van der Waals surface area contributed by atoms with Crippen LogP contribution in [0.15, 0.2) is 33.7 Å².